The molecular weight excluding hydrogens is 154 g/mol. The fraction of sp³-hybridized carbons (Fsp3) is 0.500. The second-order valence-electron chi connectivity index (χ2n) is 1.58. The minimum Gasteiger partial charge on any atom is -0.436 e. The molecule has 0 aliphatic carbocycles. The maximum absolute atomic E-state index is 10.7. The highest BCUT2D eigenvalue weighted by molar-refractivity contribution is 6.18. The van der Waals surface area contributed by atoms with Gasteiger partial charge in [0, 0.05) is 7.05 Å². The van der Waals surface area contributed by atoms with Crippen molar-refractivity contribution in [2.45, 2.75) is 0 Å². The molecule has 0 atom stereocenters. The van der Waals surface area contributed by atoms with E-state index >= 15 is 0 Å². The molecule has 3 nitrogen and oxygen atoms in total. The van der Waals surface area contributed by atoms with E-state index in [0.717, 1.165) is 0 Å². The first-order valence-electron chi connectivity index (χ1n) is 2.59. The van der Waals surface area contributed by atoms with Gasteiger partial charge in [-0.2, -0.15) is 0 Å². The third-order valence-corrected chi connectivity index (χ3v) is 1.13. The molecule has 4 heteroatoms. The summed E-state index contributed by atoms with van der Waals surface area (Å²) in [7, 11) is 1.52. The normalized spacial score (nSPS) is 8.10. The molecule has 0 saturated carbocycles. The molecule has 0 aliphatic heterocycles. The zero-order valence-corrected chi connectivity index (χ0v) is 6.39. The van der Waals surface area contributed by atoms with Crippen molar-refractivity contribution >= 4 is 17.7 Å². The lowest BCUT2D eigenvalue weighted by Crippen LogP contribution is -2.26. The van der Waals surface area contributed by atoms with Crippen molar-refractivity contribution in [3.63, 3.8) is 0 Å². The van der Waals surface area contributed by atoms with E-state index in [0.29, 0.717) is 0 Å². The predicted molar refractivity (Wildman–Crippen MR) is 38.7 cm³/mol. The predicted octanol–water partition coefficient (Wildman–Crippen LogP) is 0.884. The molecular formula is C6H8ClNO2. The van der Waals surface area contributed by atoms with Crippen LogP contribution in [0.25, 0.3) is 0 Å². The first-order chi connectivity index (χ1) is 4.72. The van der Waals surface area contributed by atoms with Gasteiger partial charge in [-0.3, -0.25) is 4.90 Å². The van der Waals surface area contributed by atoms with Crippen LogP contribution in [0.2, 0.25) is 0 Å². The Morgan fingerprint density at radius 3 is 2.90 bits per heavy atom. The summed E-state index contributed by atoms with van der Waals surface area (Å²) in [6.07, 6.45) is 4.33. The van der Waals surface area contributed by atoms with Crippen LogP contribution in [0.1, 0.15) is 0 Å². The number of carbonyl (C=O) groups excluding carboxylic acids is 1. The van der Waals surface area contributed by atoms with E-state index in [9.17, 15) is 4.79 Å². The van der Waals surface area contributed by atoms with Gasteiger partial charge in [0.2, 0.25) is 0 Å². The lowest BCUT2D eigenvalue weighted by molar-refractivity contribution is 0.129. The summed E-state index contributed by atoms with van der Waals surface area (Å²) in [5.74, 6) is 2.16. The highest BCUT2D eigenvalue weighted by Gasteiger charge is 2.05. The molecule has 0 heterocycles. The van der Waals surface area contributed by atoms with E-state index in [4.69, 9.17) is 18.0 Å². The standard InChI is InChI=1S/C6H8ClNO2/c1-3-4-10-6(9)8(2)5-7/h1H,4-5H2,2H3. The number of rotatable bonds is 2. The number of hydrogen-bond acceptors (Lipinski definition) is 2. The topological polar surface area (TPSA) is 29.5 Å². The van der Waals surface area contributed by atoms with Crippen LogP contribution in [-0.2, 0) is 4.74 Å². The summed E-state index contributed by atoms with van der Waals surface area (Å²) in [6, 6.07) is 0.101. The number of hydrogen-bond donors (Lipinski definition) is 0. The first kappa shape index (κ1) is 9.12. The Bertz CT molecular complexity index is 152. The quantitative estimate of drug-likeness (QED) is 0.342. The summed E-state index contributed by atoms with van der Waals surface area (Å²) >= 11 is 5.30. The molecule has 0 radical (unpaired) electrons. The Labute approximate surface area is 64.9 Å². The fourth-order valence-electron chi connectivity index (χ4n) is 0.262. The van der Waals surface area contributed by atoms with Crippen molar-refractivity contribution in [2.75, 3.05) is 19.7 Å². The van der Waals surface area contributed by atoms with Gasteiger partial charge in [0.1, 0.15) is 0 Å². The second-order valence-corrected chi connectivity index (χ2v) is 1.82. The Kier molecular flexibility index (Phi) is 4.51. The van der Waals surface area contributed by atoms with Crippen molar-refractivity contribution in [3.8, 4) is 12.3 Å². The minimum absolute atomic E-state index is 0.0138. The summed E-state index contributed by atoms with van der Waals surface area (Å²) in [5.41, 5.74) is 0. The van der Waals surface area contributed by atoms with Gasteiger partial charge in [-0.1, -0.05) is 5.92 Å². The van der Waals surface area contributed by atoms with E-state index in [1.54, 1.807) is 0 Å². The number of ether oxygens (including phenoxy) is 1. The number of alkyl halides is 1. The molecule has 0 bridgehead atoms. The van der Waals surface area contributed by atoms with Crippen LogP contribution in [0.3, 0.4) is 0 Å². The molecule has 0 rings (SSSR count). The third-order valence-electron chi connectivity index (χ3n) is 0.770. The van der Waals surface area contributed by atoms with Gasteiger partial charge in [0.25, 0.3) is 0 Å². The minimum atomic E-state index is -0.507. The van der Waals surface area contributed by atoms with Crippen LogP contribution < -0.4 is 0 Å². The number of carbonyl (C=O) groups is 1. The van der Waals surface area contributed by atoms with Crippen LogP contribution >= 0.6 is 11.6 Å². The third kappa shape index (κ3) is 3.21. The Hall–Kier alpha value is -0.880. The van der Waals surface area contributed by atoms with Crippen LogP contribution in [0.15, 0.2) is 0 Å². The van der Waals surface area contributed by atoms with Crippen molar-refractivity contribution in [1.29, 1.82) is 0 Å². The summed E-state index contributed by atoms with van der Waals surface area (Å²) in [6.45, 7) is -0.0138. The highest BCUT2D eigenvalue weighted by atomic mass is 35.5. The Morgan fingerprint density at radius 2 is 2.50 bits per heavy atom. The van der Waals surface area contributed by atoms with E-state index in [-0.39, 0.29) is 12.6 Å². The van der Waals surface area contributed by atoms with Gasteiger partial charge < -0.3 is 4.74 Å². The van der Waals surface area contributed by atoms with E-state index in [1.807, 2.05) is 0 Å². The average molecular weight is 162 g/mol. The Balaban J connectivity index is 3.54. The van der Waals surface area contributed by atoms with Gasteiger partial charge in [0.15, 0.2) is 6.61 Å². The van der Waals surface area contributed by atoms with Gasteiger partial charge >= 0.3 is 6.09 Å². The largest absolute Gasteiger partial charge is 0.436 e. The molecule has 0 saturated heterocycles. The molecule has 0 aromatic rings. The van der Waals surface area contributed by atoms with E-state index in [2.05, 4.69) is 10.7 Å². The molecule has 0 aromatic heterocycles. The fourth-order valence-corrected chi connectivity index (χ4v) is 0.360. The van der Waals surface area contributed by atoms with Crippen molar-refractivity contribution in [2.24, 2.45) is 0 Å². The number of terminal acetylenes is 1. The molecule has 10 heavy (non-hydrogen) atoms. The van der Waals surface area contributed by atoms with Crippen LogP contribution in [-0.4, -0.2) is 30.7 Å². The summed E-state index contributed by atoms with van der Waals surface area (Å²) < 4.78 is 4.51. The second kappa shape index (κ2) is 4.95. The van der Waals surface area contributed by atoms with Gasteiger partial charge in [-0.25, -0.2) is 4.79 Å². The average Bonchev–Trinajstić information content (AvgIpc) is 1.98. The summed E-state index contributed by atoms with van der Waals surface area (Å²) in [4.78, 5) is 11.9. The van der Waals surface area contributed by atoms with E-state index < -0.39 is 6.09 Å². The van der Waals surface area contributed by atoms with Gasteiger partial charge in [-0.05, 0) is 0 Å². The molecule has 0 fully saturated rings. The van der Waals surface area contributed by atoms with Crippen molar-refractivity contribution in [1.82, 2.24) is 4.90 Å². The van der Waals surface area contributed by atoms with Gasteiger partial charge in [0.05, 0.1) is 6.00 Å². The molecule has 0 unspecified atom stereocenters. The highest BCUT2D eigenvalue weighted by Crippen LogP contribution is 1.90. The van der Waals surface area contributed by atoms with Crippen LogP contribution in [0.5, 0.6) is 0 Å². The molecule has 0 N–H and O–H groups in total. The molecule has 0 spiro atoms. The van der Waals surface area contributed by atoms with Gasteiger partial charge in [-0.15, -0.1) is 18.0 Å². The number of nitrogens with zero attached hydrogens (tertiary/aromatic N) is 1. The lowest BCUT2D eigenvalue weighted by atomic mass is 10.7. The maximum atomic E-state index is 10.7. The van der Waals surface area contributed by atoms with E-state index in [1.165, 1.54) is 11.9 Å². The lowest BCUT2D eigenvalue weighted by Gasteiger charge is -2.10. The van der Waals surface area contributed by atoms with Crippen LogP contribution in [0, 0.1) is 12.3 Å². The maximum Gasteiger partial charge on any atom is 0.411 e. The van der Waals surface area contributed by atoms with Crippen LogP contribution in [0.4, 0.5) is 4.79 Å². The molecule has 0 aliphatic rings. The smallest absolute Gasteiger partial charge is 0.411 e. The molecule has 1 amide bonds. The Morgan fingerprint density at radius 1 is 1.90 bits per heavy atom. The number of halogens is 1. The first-order valence-corrected chi connectivity index (χ1v) is 3.13. The zero-order chi connectivity index (χ0) is 7.98. The SMILES string of the molecule is C#CCOC(=O)N(C)CCl. The van der Waals surface area contributed by atoms with Crippen molar-refractivity contribution in [3.05, 3.63) is 0 Å². The molecule has 0 aromatic carbocycles. The van der Waals surface area contributed by atoms with Crippen molar-refractivity contribution < 1.29 is 9.53 Å². The monoisotopic (exact) mass is 161 g/mol. The zero-order valence-electron chi connectivity index (χ0n) is 5.63. The molecule has 56 valence electrons. The summed E-state index contributed by atoms with van der Waals surface area (Å²) in [5, 5.41) is 0. The number of amides is 1.